The minimum absolute atomic E-state index is 0.225. The van der Waals surface area contributed by atoms with Crippen molar-refractivity contribution in [3.05, 3.63) is 42.1 Å². The largest absolute Gasteiger partial charge is 0.507 e. The normalized spacial score (nSPS) is 16.8. The number of phenolic OH excluding ortho intramolecular Hbond substituents is 1. The molecule has 31 heavy (non-hydrogen) atoms. The molecule has 5 rings (SSSR count). The predicted octanol–water partition coefficient (Wildman–Crippen LogP) is 3.77. The summed E-state index contributed by atoms with van der Waals surface area (Å²) in [7, 11) is 1.88. The summed E-state index contributed by atoms with van der Waals surface area (Å²) < 4.78 is 1.76. The first-order valence-corrected chi connectivity index (χ1v) is 10.8. The van der Waals surface area contributed by atoms with Crippen molar-refractivity contribution in [2.45, 2.75) is 39.3 Å². The maximum atomic E-state index is 10.8. The minimum Gasteiger partial charge on any atom is -0.507 e. The number of hydrogen-bond donors (Lipinski definition) is 2. The first kappa shape index (κ1) is 19.8. The molecule has 0 bridgehead atoms. The number of anilines is 1. The van der Waals surface area contributed by atoms with Gasteiger partial charge in [-0.3, -0.25) is 4.68 Å². The molecule has 0 radical (unpaired) electrons. The SMILES string of the molecule is Cc1c(O)c(-c2ccc3nc(N4CC[C@H](NC(C)C)C4)ccc3n2)cc2cn(C)nc12. The van der Waals surface area contributed by atoms with Gasteiger partial charge < -0.3 is 15.3 Å². The van der Waals surface area contributed by atoms with Crippen molar-refractivity contribution in [3.8, 4) is 17.0 Å². The average Bonchev–Trinajstić information content (AvgIpc) is 3.35. The predicted molar refractivity (Wildman–Crippen MR) is 125 cm³/mol. The van der Waals surface area contributed by atoms with Gasteiger partial charge in [0, 0.05) is 54.9 Å². The molecule has 3 aromatic heterocycles. The van der Waals surface area contributed by atoms with E-state index in [1.54, 1.807) is 4.68 Å². The smallest absolute Gasteiger partial charge is 0.130 e. The van der Waals surface area contributed by atoms with E-state index in [1.807, 2.05) is 50.5 Å². The van der Waals surface area contributed by atoms with E-state index in [-0.39, 0.29) is 5.75 Å². The number of benzene rings is 1. The maximum absolute atomic E-state index is 10.8. The number of nitrogens with zero attached hydrogens (tertiary/aromatic N) is 5. The van der Waals surface area contributed by atoms with Crippen LogP contribution in [0.1, 0.15) is 25.8 Å². The highest BCUT2D eigenvalue weighted by Gasteiger charge is 2.24. The second-order valence-corrected chi connectivity index (χ2v) is 8.80. The van der Waals surface area contributed by atoms with Crippen molar-refractivity contribution in [1.29, 1.82) is 0 Å². The van der Waals surface area contributed by atoms with Crippen molar-refractivity contribution in [1.82, 2.24) is 25.1 Å². The number of pyridine rings is 2. The van der Waals surface area contributed by atoms with E-state index in [0.717, 1.165) is 58.5 Å². The summed E-state index contributed by atoms with van der Waals surface area (Å²) in [6.45, 7) is 8.24. The number of nitrogens with one attached hydrogen (secondary N) is 1. The van der Waals surface area contributed by atoms with Gasteiger partial charge in [0.25, 0.3) is 0 Å². The lowest BCUT2D eigenvalue weighted by atomic mass is 10.0. The second-order valence-electron chi connectivity index (χ2n) is 8.80. The van der Waals surface area contributed by atoms with Crippen LogP contribution in [-0.4, -0.2) is 50.0 Å². The highest BCUT2D eigenvalue weighted by molar-refractivity contribution is 5.91. The first-order valence-electron chi connectivity index (χ1n) is 10.8. The Hall–Kier alpha value is -3.19. The van der Waals surface area contributed by atoms with Crippen molar-refractivity contribution in [3.63, 3.8) is 0 Å². The van der Waals surface area contributed by atoms with E-state index in [9.17, 15) is 5.11 Å². The van der Waals surface area contributed by atoms with Crippen molar-refractivity contribution in [2.24, 2.45) is 7.05 Å². The summed E-state index contributed by atoms with van der Waals surface area (Å²) in [5.74, 6) is 1.22. The first-order chi connectivity index (χ1) is 14.9. The molecule has 1 fully saturated rings. The molecule has 2 N–H and O–H groups in total. The van der Waals surface area contributed by atoms with Crippen LogP contribution in [0.5, 0.6) is 5.75 Å². The lowest BCUT2D eigenvalue weighted by Crippen LogP contribution is -2.37. The molecule has 0 saturated carbocycles. The number of rotatable bonds is 4. The Balaban J connectivity index is 1.47. The number of aromatic hydroxyl groups is 1. The molecule has 4 aromatic rings. The fraction of sp³-hybridized carbons (Fsp3) is 0.375. The molecule has 7 nitrogen and oxygen atoms in total. The average molecular weight is 417 g/mol. The Morgan fingerprint density at radius 3 is 2.71 bits per heavy atom. The third-order valence-corrected chi connectivity index (χ3v) is 6.01. The standard InChI is InChI=1S/C24H28N6O/c1-14(2)25-17-9-10-30(13-17)22-8-7-20-21(27-22)6-5-19(26-20)18-11-16-12-29(4)28-23(16)15(3)24(18)31/h5-8,11-12,14,17,25,31H,9-10,13H2,1-4H3/t17-/m0/s1. The Labute approximate surface area is 181 Å². The van der Waals surface area contributed by atoms with Gasteiger partial charge in [0.05, 0.1) is 22.2 Å². The molecule has 1 atom stereocenters. The minimum atomic E-state index is 0.225. The number of phenols is 1. The topological polar surface area (TPSA) is 79.1 Å². The van der Waals surface area contributed by atoms with Crippen LogP contribution in [0.3, 0.4) is 0 Å². The molecular weight excluding hydrogens is 388 g/mol. The van der Waals surface area contributed by atoms with Gasteiger partial charge in [-0.25, -0.2) is 9.97 Å². The molecule has 0 aliphatic carbocycles. The molecule has 7 heteroatoms. The van der Waals surface area contributed by atoms with Crippen LogP contribution >= 0.6 is 0 Å². The van der Waals surface area contributed by atoms with Gasteiger partial charge >= 0.3 is 0 Å². The molecule has 0 amide bonds. The monoisotopic (exact) mass is 416 g/mol. The Morgan fingerprint density at radius 1 is 1.13 bits per heavy atom. The van der Waals surface area contributed by atoms with Crippen LogP contribution in [0.4, 0.5) is 5.82 Å². The highest BCUT2D eigenvalue weighted by Crippen LogP contribution is 2.36. The van der Waals surface area contributed by atoms with Gasteiger partial charge in [0.2, 0.25) is 0 Å². The number of aryl methyl sites for hydroxylation is 2. The van der Waals surface area contributed by atoms with Crippen LogP contribution in [0.25, 0.3) is 33.2 Å². The fourth-order valence-electron chi connectivity index (χ4n) is 4.54. The van der Waals surface area contributed by atoms with Crippen molar-refractivity contribution in [2.75, 3.05) is 18.0 Å². The molecule has 160 valence electrons. The summed E-state index contributed by atoms with van der Waals surface area (Å²) in [5, 5.41) is 19.8. The fourth-order valence-corrected chi connectivity index (χ4v) is 4.54. The summed E-state index contributed by atoms with van der Waals surface area (Å²) >= 11 is 0. The summed E-state index contributed by atoms with van der Waals surface area (Å²) in [4.78, 5) is 12.0. The van der Waals surface area contributed by atoms with Gasteiger partial charge in [0.1, 0.15) is 11.6 Å². The van der Waals surface area contributed by atoms with Crippen LogP contribution < -0.4 is 10.2 Å². The third kappa shape index (κ3) is 3.59. The zero-order valence-electron chi connectivity index (χ0n) is 18.4. The molecule has 1 aliphatic rings. The van der Waals surface area contributed by atoms with Gasteiger partial charge in [-0.1, -0.05) is 13.8 Å². The second kappa shape index (κ2) is 7.50. The number of hydrogen-bond acceptors (Lipinski definition) is 6. The molecule has 1 saturated heterocycles. The lowest BCUT2D eigenvalue weighted by molar-refractivity contribution is 0.474. The zero-order valence-corrected chi connectivity index (χ0v) is 18.4. The molecule has 0 unspecified atom stereocenters. The molecule has 1 aliphatic heterocycles. The Kier molecular flexibility index (Phi) is 4.78. The van der Waals surface area contributed by atoms with Crippen LogP contribution in [0.2, 0.25) is 0 Å². The van der Waals surface area contributed by atoms with Crippen LogP contribution in [-0.2, 0) is 7.05 Å². The van der Waals surface area contributed by atoms with E-state index in [1.165, 1.54) is 0 Å². The Bertz CT molecular complexity index is 1280. The van der Waals surface area contributed by atoms with Crippen LogP contribution in [0.15, 0.2) is 36.5 Å². The molecule has 0 spiro atoms. The highest BCUT2D eigenvalue weighted by atomic mass is 16.3. The Morgan fingerprint density at radius 2 is 1.90 bits per heavy atom. The van der Waals surface area contributed by atoms with E-state index in [4.69, 9.17) is 9.97 Å². The van der Waals surface area contributed by atoms with E-state index < -0.39 is 0 Å². The van der Waals surface area contributed by atoms with E-state index in [0.29, 0.717) is 17.6 Å². The maximum Gasteiger partial charge on any atom is 0.130 e. The number of aromatic nitrogens is 4. The third-order valence-electron chi connectivity index (χ3n) is 6.01. The molecular formula is C24H28N6O. The summed E-state index contributed by atoms with van der Waals surface area (Å²) in [5.41, 5.74) is 4.71. The van der Waals surface area contributed by atoms with E-state index >= 15 is 0 Å². The van der Waals surface area contributed by atoms with Crippen molar-refractivity contribution < 1.29 is 5.11 Å². The number of fused-ring (bicyclic) bond motifs is 2. The lowest BCUT2D eigenvalue weighted by Gasteiger charge is -2.19. The quantitative estimate of drug-likeness (QED) is 0.527. The zero-order chi connectivity index (χ0) is 21.7. The van der Waals surface area contributed by atoms with E-state index in [2.05, 4.69) is 29.2 Å². The molecule has 4 heterocycles. The van der Waals surface area contributed by atoms with Crippen molar-refractivity contribution >= 4 is 27.8 Å². The summed E-state index contributed by atoms with van der Waals surface area (Å²) in [6.07, 6.45) is 3.09. The van der Waals surface area contributed by atoms with Gasteiger partial charge in [-0.2, -0.15) is 5.10 Å². The molecule has 1 aromatic carbocycles. The van der Waals surface area contributed by atoms with Crippen LogP contribution in [0, 0.1) is 6.92 Å². The van der Waals surface area contributed by atoms with Gasteiger partial charge in [-0.05, 0) is 43.7 Å². The van der Waals surface area contributed by atoms with Gasteiger partial charge in [0.15, 0.2) is 0 Å². The summed E-state index contributed by atoms with van der Waals surface area (Å²) in [6, 6.07) is 10.9. The van der Waals surface area contributed by atoms with Gasteiger partial charge in [-0.15, -0.1) is 0 Å².